The third-order valence-corrected chi connectivity index (χ3v) is 5.55. The fraction of sp³-hybridized carbons (Fsp3) is 0.458. The first-order chi connectivity index (χ1) is 14.1. The lowest BCUT2D eigenvalue weighted by Gasteiger charge is -2.26. The molecule has 0 aliphatic rings. The zero-order valence-corrected chi connectivity index (χ0v) is 19.5. The van der Waals surface area contributed by atoms with Crippen LogP contribution in [0.15, 0.2) is 46.2 Å². The number of aliphatic hydroxyl groups is 1. The maximum atomic E-state index is 11.5. The number of carbonyl (C=O) groups excluding carboxylic acids is 1. The van der Waals surface area contributed by atoms with Crippen LogP contribution in [-0.4, -0.2) is 37.0 Å². The molecule has 1 unspecified atom stereocenters. The fourth-order valence-corrected chi connectivity index (χ4v) is 3.60. The lowest BCUT2D eigenvalue weighted by molar-refractivity contribution is -0.145. The number of carbonyl (C=O) groups is 1. The molecule has 5 nitrogen and oxygen atoms in total. The first-order valence-electron chi connectivity index (χ1n) is 10.1. The van der Waals surface area contributed by atoms with E-state index >= 15 is 0 Å². The second kappa shape index (κ2) is 10.7. The van der Waals surface area contributed by atoms with Gasteiger partial charge in [-0.2, -0.15) is 0 Å². The zero-order chi connectivity index (χ0) is 22.3. The van der Waals surface area contributed by atoms with Gasteiger partial charge < -0.3 is 19.3 Å². The van der Waals surface area contributed by atoms with Gasteiger partial charge >= 0.3 is 5.97 Å². The number of hydrogen-bond donors (Lipinski definition) is 1. The van der Waals surface area contributed by atoms with Gasteiger partial charge in [-0.1, -0.05) is 32.5 Å². The molecule has 0 saturated heterocycles. The van der Waals surface area contributed by atoms with Gasteiger partial charge in [-0.05, 0) is 73.7 Å². The molecule has 164 valence electrons. The number of esters is 1. The summed E-state index contributed by atoms with van der Waals surface area (Å²) in [6.07, 6.45) is -0.529. The van der Waals surface area contributed by atoms with Crippen molar-refractivity contribution < 1.29 is 24.1 Å². The number of benzene rings is 2. The van der Waals surface area contributed by atoms with Crippen LogP contribution in [0.2, 0.25) is 0 Å². The molecule has 2 aromatic rings. The van der Waals surface area contributed by atoms with E-state index in [4.69, 9.17) is 14.2 Å². The van der Waals surface area contributed by atoms with Crippen LogP contribution in [0.25, 0.3) is 0 Å². The Morgan fingerprint density at radius 1 is 1.00 bits per heavy atom. The van der Waals surface area contributed by atoms with Gasteiger partial charge in [0.05, 0.1) is 12.7 Å². The van der Waals surface area contributed by atoms with Crippen molar-refractivity contribution in [1.29, 1.82) is 0 Å². The van der Waals surface area contributed by atoms with Crippen molar-refractivity contribution >= 4 is 17.7 Å². The summed E-state index contributed by atoms with van der Waals surface area (Å²) in [5.74, 6) is 1.08. The number of rotatable bonds is 9. The Hall–Kier alpha value is -2.18. The highest BCUT2D eigenvalue weighted by molar-refractivity contribution is 7.99. The lowest BCUT2D eigenvalue weighted by atomic mass is 9.90. The minimum atomic E-state index is -0.529. The largest absolute Gasteiger partial charge is 0.491 e. The summed E-state index contributed by atoms with van der Waals surface area (Å²) in [5.41, 5.74) is 1.76. The lowest BCUT2D eigenvalue weighted by Crippen LogP contribution is -2.32. The highest BCUT2D eigenvalue weighted by Crippen LogP contribution is 2.33. The van der Waals surface area contributed by atoms with Crippen molar-refractivity contribution in [3.8, 4) is 11.5 Å². The van der Waals surface area contributed by atoms with Gasteiger partial charge in [-0.3, -0.25) is 0 Å². The zero-order valence-electron chi connectivity index (χ0n) is 18.7. The summed E-state index contributed by atoms with van der Waals surface area (Å²) in [6, 6.07) is 11.9. The summed E-state index contributed by atoms with van der Waals surface area (Å²) >= 11 is 1.64. The molecule has 0 saturated carbocycles. The third kappa shape index (κ3) is 7.26. The molecule has 0 aliphatic heterocycles. The number of aryl methyl sites for hydroxylation is 2. The second-order valence-electron chi connectivity index (χ2n) is 8.24. The quantitative estimate of drug-likeness (QED) is 0.551. The minimum Gasteiger partial charge on any atom is -0.491 e. The Morgan fingerprint density at radius 3 is 2.00 bits per heavy atom. The van der Waals surface area contributed by atoms with E-state index in [9.17, 15) is 9.90 Å². The maximum Gasteiger partial charge on any atom is 0.344 e. The Balaban J connectivity index is 1.98. The Labute approximate surface area is 183 Å². The second-order valence-corrected chi connectivity index (χ2v) is 9.39. The monoisotopic (exact) mass is 432 g/mol. The van der Waals surface area contributed by atoms with Gasteiger partial charge in [0.25, 0.3) is 0 Å². The topological polar surface area (TPSA) is 65.0 Å². The SMILES string of the molecule is CCOC(=O)COc1ccc(Sc2ccc(OCC(O)C(C)(C)C)c(C)c2)cc1C. The van der Waals surface area contributed by atoms with E-state index in [-0.39, 0.29) is 24.6 Å². The van der Waals surface area contributed by atoms with Crippen LogP contribution in [0.5, 0.6) is 11.5 Å². The average molecular weight is 433 g/mol. The van der Waals surface area contributed by atoms with Gasteiger partial charge in [0.1, 0.15) is 18.1 Å². The molecule has 30 heavy (non-hydrogen) atoms. The van der Waals surface area contributed by atoms with Gasteiger partial charge in [-0.25, -0.2) is 4.79 Å². The number of hydrogen-bond acceptors (Lipinski definition) is 6. The molecule has 0 spiro atoms. The Kier molecular flexibility index (Phi) is 8.62. The first kappa shape index (κ1) is 24.1. The van der Waals surface area contributed by atoms with Crippen LogP contribution in [0, 0.1) is 19.3 Å². The third-order valence-electron chi connectivity index (χ3n) is 4.58. The Bertz CT molecular complexity index is 857. The molecule has 1 N–H and O–H groups in total. The molecule has 0 fully saturated rings. The molecule has 0 amide bonds. The predicted molar refractivity (Wildman–Crippen MR) is 120 cm³/mol. The van der Waals surface area contributed by atoms with E-state index in [1.54, 1.807) is 18.7 Å². The predicted octanol–water partition coefficient (Wildman–Crippen LogP) is 5.18. The van der Waals surface area contributed by atoms with E-state index < -0.39 is 6.10 Å². The maximum absolute atomic E-state index is 11.5. The van der Waals surface area contributed by atoms with Crippen LogP contribution >= 0.6 is 11.8 Å². The van der Waals surface area contributed by atoms with Crippen molar-refractivity contribution in [2.24, 2.45) is 5.41 Å². The van der Waals surface area contributed by atoms with Gasteiger partial charge in [0.2, 0.25) is 0 Å². The normalized spacial score (nSPS) is 12.4. The molecule has 6 heteroatoms. The van der Waals surface area contributed by atoms with Gasteiger partial charge in [0.15, 0.2) is 6.61 Å². The smallest absolute Gasteiger partial charge is 0.344 e. The summed E-state index contributed by atoms with van der Waals surface area (Å²) in [6.45, 7) is 12.2. The molecule has 0 heterocycles. The van der Waals surface area contributed by atoms with Crippen molar-refractivity contribution in [1.82, 2.24) is 0 Å². The van der Waals surface area contributed by atoms with Crippen LogP contribution in [0.4, 0.5) is 0 Å². The summed E-state index contributed by atoms with van der Waals surface area (Å²) in [5, 5.41) is 10.2. The summed E-state index contributed by atoms with van der Waals surface area (Å²) < 4.78 is 16.2. The molecule has 0 radical (unpaired) electrons. The standard InChI is InChI=1S/C24H32O5S/c1-7-27-23(26)15-29-21-11-9-19(13-17(21)3)30-18-8-10-20(16(2)12-18)28-14-22(25)24(4,5)6/h8-13,22,25H,7,14-15H2,1-6H3. The van der Waals surface area contributed by atoms with Crippen molar-refractivity contribution in [3.05, 3.63) is 47.5 Å². The van der Waals surface area contributed by atoms with Crippen LogP contribution in [-0.2, 0) is 9.53 Å². The molecule has 0 aromatic heterocycles. The summed E-state index contributed by atoms with van der Waals surface area (Å²) in [4.78, 5) is 13.6. The van der Waals surface area contributed by atoms with E-state index in [1.807, 2.05) is 65.0 Å². The van der Waals surface area contributed by atoms with E-state index in [0.29, 0.717) is 12.4 Å². The summed E-state index contributed by atoms with van der Waals surface area (Å²) in [7, 11) is 0. The molecular formula is C24H32O5S. The van der Waals surface area contributed by atoms with Crippen LogP contribution in [0.1, 0.15) is 38.8 Å². The number of ether oxygens (including phenoxy) is 3. The molecule has 0 aliphatic carbocycles. The molecular weight excluding hydrogens is 400 g/mol. The molecule has 1 atom stereocenters. The Morgan fingerprint density at radius 2 is 1.53 bits per heavy atom. The van der Waals surface area contributed by atoms with Gasteiger partial charge in [-0.15, -0.1) is 0 Å². The fourth-order valence-electron chi connectivity index (χ4n) is 2.59. The highest BCUT2D eigenvalue weighted by atomic mass is 32.2. The van der Waals surface area contributed by atoms with E-state index in [0.717, 1.165) is 26.7 Å². The first-order valence-corrected chi connectivity index (χ1v) is 10.9. The highest BCUT2D eigenvalue weighted by Gasteiger charge is 2.22. The average Bonchev–Trinajstić information content (AvgIpc) is 2.66. The number of aliphatic hydroxyl groups excluding tert-OH is 1. The molecule has 2 rings (SSSR count). The van der Waals surface area contributed by atoms with Crippen LogP contribution in [0.3, 0.4) is 0 Å². The van der Waals surface area contributed by atoms with Gasteiger partial charge in [0, 0.05) is 9.79 Å². The van der Waals surface area contributed by atoms with Crippen molar-refractivity contribution in [3.63, 3.8) is 0 Å². The van der Waals surface area contributed by atoms with E-state index in [1.165, 1.54) is 0 Å². The molecule has 2 aromatic carbocycles. The minimum absolute atomic E-state index is 0.0915. The van der Waals surface area contributed by atoms with Crippen LogP contribution < -0.4 is 9.47 Å². The van der Waals surface area contributed by atoms with Crippen molar-refractivity contribution in [2.75, 3.05) is 19.8 Å². The van der Waals surface area contributed by atoms with Crippen molar-refractivity contribution in [2.45, 2.75) is 57.4 Å². The molecule has 0 bridgehead atoms. The van der Waals surface area contributed by atoms with E-state index in [2.05, 4.69) is 6.07 Å².